The molecule has 0 aromatic rings. The molecule has 160 valence electrons. The van der Waals surface area contributed by atoms with Crippen LogP contribution in [0.25, 0.3) is 0 Å². The van der Waals surface area contributed by atoms with Crippen LogP contribution >= 0.6 is 45.2 Å². The molecule has 3 heteroatoms. The van der Waals surface area contributed by atoms with E-state index in [9.17, 15) is 0 Å². The number of halogens is 2. The monoisotopic (exact) mass is 618 g/mol. The minimum absolute atomic E-state index is 0.119. The fraction of sp³-hybridized carbons (Fsp3) is 0.538. The summed E-state index contributed by atoms with van der Waals surface area (Å²) in [4.78, 5) is 0. The van der Waals surface area contributed by atoms with E-state index in [2.05, 4.69) is 131 Å². The van der Waals surface area contributed by atoms with Crippen molar-refractivity contribution in [2.45, 2.75) is 92.3 Å². The average molecular weight is 618 g/mol. The largest absolute Gasteiger partial charge is 0.349 e. The van der Waals surface area contributed by atoms with Gasteiger partial charge in [-0.3, -0.25) is 0 Å². The van der Waals surface area contributed by atoms with Gasteiger partial charge >= 0.3 is 0 Å². The second kappa shape index (κ2) is 18.3. The number of hydrogen-bond donors (Lipinski definition) is 0. The van der Waals surface area contributed by atoms with E-state index in [0.717, 1.165) is 38.5 Å². The maximum absolute atomic E-state index is 6.25. The number of rotatable bonds is 12. The second-order valence-electron chi connectivity index (χ2n) is 7.80. The molecule has 0 saturated heterocycles. The predicted octanol–water partition coefficient (Wildman–Crippen LogP) is 8.70. The molecule has 2 atom stereocenters. The SMILES string of the molecule is CC(C)=CCC/C(C)=C/CC(C#CI)OC(C#CI)C/C=C(\C)CCC=C(C)C. The Morgan fingerprint density at radius 2 is 1.07 bits per heavy atom. The van der Waals surface area contributed by atoms with Crippen molar-refractivity contribution in [2.75, 3.05) is 0 Å². The quantitative estimate of drug-likeness (QED) is 0.121. The topological polar surface area (TPSA) is 9.23 Å². The Balaban J connectivity index is 4.86. The first-order valence-corrected chi connectivity index (χ1v) is 12.4. The first kappa shape index (κ1) is 28.5. The van der Waals surface area contributed by atoms with Gasteiger partial charge in [0.1, 0.15) is 12.2 Å². The zero-order chi connectivity index (χ0) is 22.1. The summed E-state index contributed by atoms with van der Waals surface area (Å²) in [6.45, 7) is 13.0. The fourth-order valence-electron chi connectivity index (χ4n) is 2.61. The molecule has 0 heterocycles. The summed E-state index contributed by atoms with van der Waals surface area (Å²) in [5.74, 6) is 6.39. The van der Waals surface area contributed by atoms with E-state index in [1.165, 1.54) is 22.3 Å². The first-order chi connectivity index (χ1) is 13.8. The fourth-order valence-corrected chi connectivity index (χ4v) is 3.31. The van der Waals surface area contributed by atoms with Crippen molar-refractivity contribution in [3.05, 3.63) is 46.6 Å². The molecule has 29 heavy (non-hydrogen) atoms. The third-order valence-electron chi connectivity index (χ3n) is 4.30. The Morgan fingerprint density at radius 3 is 1.38 bits per heavy atom. The minimum Gasteiger partial charge on any atom is -0.349 e. The van der Waals surface area contributed by atoms with Crippen molar-refractivity contribution in [3.8, 4) is 19.7 Å². The van der Waals surface area contributed by atoms with Gasteiger partial charge in [-0.05, 0) is 75.1 Å². The van der Waals surface area contributed by atoms with E-state index >= 15 is 0 Å². The van der Waals surface area contributed by atoms with Crippen LogP contribution in [0.4, 0.5) is 0 Å². The van der Waals surface area contributed by atoms with E-state index in [4.69, 9.17) is 4.74 Å². The summed E-state index contributed by atoms with van der Waals surface area (Å²) in [5, 5.41) is 0. The molecule has 2 unspecified atom stereocenters. The molecule has 0 fully saturated rings. The van der Waals surface area contributed by atoms with Crippen LogP contribution in [0.2, 0.25) is 0 Å². The van der Waals surface area contributed by atoms with Crippen molar-refractivity contribution >= 4 is 45.2 Å². The first-order valence-electron chi connectivity index (χ1n) is 10.2. The molecule has 0 aromatic heterocycles. The molecule has 0 rings (SSSR count). The highest BCUT2D eigenvalue weighted by molar-refractivity contribution is 14.1. The highest BCUT2D eigenvalue weighted by Crippen LogP contribution is 2.14. The molecule has 0 bridgehead atoms. The van der Waals surface area contributed by atoms with Crippen LogP contribution in [-0.4, -0.2) is 12.2 Å². The van der Waals surface area contributed by atoms with Crippen molar-refractivity contribution in [1.82, 2.24) is 0 Å². The number of ether oxygens (including phenoxy) is 1. The van der Waals surface area contributed by atoms with Crippen molar-refractivity contribution in [1.29, 1.82) is 0 Å². The predicted molar refractivity (Wildman–Crippen MR) is 146 cm³/mol. The van der Waals surface area contributed by atoms with E-state index in [0.29, 0.717) is 0 Å². The van der Waals surface area contributed by atoms with E-state index in [-0.39, 0.29) is 12.2 Å². The third kappa shape index (κ3) is 18.0. The van der Waals surface area contributed by atoms with Gasteiger partial charge in [0, 0.05) is 58.0 Å². The van der Waals surface area contributed by atoms with Gasteiger partial charge in [-0.1, -0.05) is 58.4 Å². The van der Waals surface area contributed by atoms with Crippen molar-refractivity contribution in [3.63, 3.8) is 0 Å². The minimum atomic E-state index is -0.119. The molecular formula is C26H36I2O. The maximum atomic E-state index is 6.25. The Kier molecular flexibility index (Phi) is 18.0. The van der Waals surface area contributed by atoms with Crippen LogP contribution in [0.15, 0.2) is 46.6 Å². The third-order valence-corrected chi connectivity index (χ3v) is 4.93. The maximum Gasteiger partial charge on any atom is 0.124 e. The Bertz CT molecular complexity index is 647. The zero-order valence-electron chi connectivity index (χ0n) is 18.9. The van der Waals surface area contributed by atoms with E-state index in [1.54, 1.807) is 0 Å². The van der Waals surface area contributed by atoms with Crippen LogP contribution in [0.5, 0.6) is 0 Å². The molecule has 0 aliphatic heterocycles. The molecule has 0 aliphatic rings. The van der Waals surface area contributed by atoms with Crippen LogP contribution in [-0.2, 0) is 4.74 Å². The Hall–Kier alpha value is -0.500. The zero-order valence-corrected chi connectivity index (χ0v) is 23.2. The van der Waals surface area contributed by atoms with E-state index in [1.807, 2.05) is 0 Å². The molecule has 0 amide bonds. The molecule has 0 aliphatic carbocycles. The average Bonchev–Trinajstić information content (AvgIpc) is 2.64. The summed E-state index contributed by atoms with van der Waals surface area (Å²) < 4.78 is 12.2. The van der Waals surface area contributed by atoms with Crippen molar-refractivity contribution < 1.29 is 4.74 Å². The van der Waals surface area contributed by atoms with Gasteiger partial charge in [0.2, 0.25) is 0 Å². The molecule has 0 radical (unpaired) electrons. The summed E-state index contributed by atoms with van der Waals surface area (Å²) in [6.07, 6.45) is 14.8. The van der Waals surface area contributed by atoms with Crippen LogP contribution < -0.4 is 0 Å². The van der Waals surface area contributed by atoms with Gasteiger partial charge in [-0.15, -0.1) is 0 Å². The molecule has 0 saturated carbocycles. The normalized spacial score (nSPS) is 13.4. The molecule has 0 N–H and O–H groups in total. The second-order valence-corrected chi connectivity index (χ2v) is 8.88. The van der Waals surface area contributed by atoms with Gasteiger partial charge in [-0.2, -0.15) is 0 Å². The lowest BCUT2D eigenvalue weighted by atomic mass is 10.1. The lowest BCUT2D eigenvalue weighted by Gasteiger charge is -2.16. The highest BCUT2D eigenvalue weighted by Gasteiger charge is 2.12. The molecule has 0 spiro atoms. The highest BCUT2D eigenvalue weighted by atomic mass is 127. The Morgan fingerprint density at radius 1 is 0.690 bits per heavy atom. The summed E-state index contributed by atoms with van der Waals surface area (Å²) in [6, 6.07) is 0. The van der Waals surface area contributed by atoms with Crippen LogP contribution in [0, 0.1) is 19.7 Å². The van der Waals surface area contributed by atoms with Gasteiger partial charge in [0.05, 0.1) is 0 Å². The molecule has 1 nitrogen and oxygen atoms in total. The van der Waals surface area contributed by atoms with Crippen molar-refractivity contribution in [2.24, 2.45) is 0 Å². The van der Waals surface area contributed by atoms with E-state index < -0.39 is 0 Å². The number of hydrogen-bond acceptors (Lipinski definition) is 1. The number of allylic oxidation sites excluding steroid dienone is 6. The standard InChI is InChI=1S/C26H36I2O/c1-21(2)9-7-11-23(5)13-15-25(17-19-27)29-26(18-20-28)16-14-24(6)12-8-10-22(3)4/h9-10,13-14,25-26H,7-8,11-12,15-16H2,1-6H3/b23-13+,24-14+. The Labute approximate surface area is 207 Å². The van der Waals surface area contributed by atoms with Crippen LogP contribution in [0.3, 0.4) is 0 Å². The van der Waals surface area contributed by atoms with Gasteiger partial charge in [0.15, 0.2) is 0 Å². The molecular weight excluding hydrogens is 582 g/mol. The van der Waals surface area contributed by atoms with Gasteiger partial charge in [0.25, 0.3) is 0 Å². The molecule has 0 aromatic carbocycles. The summed E-state index contributed by atoms with van der Waals surface area (Å²) in [5.41, 5.74) is 5.52. The lowest BCUT2D eigenvalue weighted by Crippen LogP contribution is -2.19. The lowest BCUT2D eigenvalue weighted by molar-refractivity contribution is 0.0560. The van der Waals surface area contributed by atoms with Gasteiger partial charge < -0.3 is 4.74 Å². The smallest absolute Gasteiger partial charge is 0.124 e. The summed E-state index contributed by atoms with van der Waals surface area (Å²) >= 11 is 4.17. The van der Waals surface area contributed by atoms with Crippen LogP contribution in [0.1, 0.15) is 80.1 Å². The van der Waals surface area contributed by atoms with Gasteiger partial charge in [-0.25, -0.2) is 0 Å². The summed E-state index contributed by atoms with van der Waals surface area (Å²) in [7, 11) is 0.